The van der Waals surface area contributed by atoms with E-state index in [-0.39, 0.29) is 30.4 Å². The number of rotatable bonds is 18. The molecule has 2 saturated heterocycles. The third-order valence-electron chi connectivity index (χ3n) is 6.66. The molecular formula is C27H48O4. The molecule has 4 nitrogen and oxygen atoms in total. The molecule has 31 heavy (non-hydrogen) atoms. The Kier molecular flexibility index (Phi) is 14.2. The van der Waals surface area contributed by atoms with Gasteiger partial charge < -0.3 is 14.2 Å². The van der Waals surface area contributed by atoms with Gasteiger partial charge in [-0.1, -0.05) is 77.4 Å². The van der Waals surface area contributed by atoms with Gasteiger partial charge in [-0.15, -0.1) is 0 Å². The van der Waals surface area contributed by atoms with Crippen LogP contribution in [0.25, 0.3) is 0 Å². The molecule has 2 rings (SSSR count). The maximum Gasteiger partial charge on any atom is 0.313 e. The van der Waals surface area contributed by atoms with Gasteiger partial charge in [0.15, 0.2) is 6.29 Å². The molecule has 180 valence electrons. The predicted molar refractivity (Wildman–Crippen MR) is 127 cm³/mol. The molecule has 0 saturated carbocycles. The molecule has 0 radical (unpaired) electrons. The fraction of sp³-hybridized carbons (Fsp3) is 0.889. The molecule has 2 aliphatic heterocycles. The molecule has 0 aromatic rings. The van der Waals surface area contributed by atoms with Gasteiger partial charge in [0.05, 0.1) is 12.0 Å². The van der Waals surface area contributed by atoms with E-state index in [1.54, 1.807) is 0 Å². The first-order chi connectivity index (χ1) is 15.2. The number of allylic oxidation sites excluding steroid dienone is 2. The quantitative estimate of drug-likeness (QED) is 0.127. The summed E-state index contributed by atoms with van der Waals surface area (Å²) in [6, 6.07) is 0. The summed E-state index contributed by atoms with van der Waals surface area (Å²) >= 11 is 0. The lowest BCUT2D eigenvalue weighted by atomic mass is 9.86. The lowest BCUT2D eigenvalue weighted by Crippen LogP contribution is -2.47. The standard InChI is InChI=1S/C27H48O4/c1-3-5-7-9-10-11-12-13-14-18-23(30-26-20-16-17-21-29-26)22-25-24(27(28)31-25)19-15-8-6-4-2/h12-13,23-26H,3-11,14-22H2,1-2H3/t23?,24?,25?,26-/m1/s1. The fourth-order valence-corrected chi connectivity index (χ4v) is 4.62. The van der Waals surface area contributed by atoms with Crippen LogP contribution >= 0.6 is 0 Å². The smallest absolute Gasteiger partial charge is 0.313 e. The third-order valence-corrected chi connectivity index (χ3v) is 6.66. The number of cyclic esters (lactones) is 1. The molecule has 2 fully saturated rings. The summed E-state index contributed by atoms with van der Waals surface area (Å²) < 4.78 is 17.7. The minimum Gasteiger partial charge on any atom is -0.461 e. The Morgan fingerprint density at radius 3 is 2.42 bits per heavy atom. The van der Waals surface area contributed by atoms with Crippen LogP contribution in [0.5, 0.6) is 0 Å². The summed E-state index contributed by atoms with van der Waals surface area (Å²) in [6.45, 7) is 5.28. The topological polar surface area (TPSA) is 44.8 Å². The van der Waals surface area contributed by atoms with Crippen LogP contribution in [0.3, 0.4) is 0 Å². The van der Waals surface area contributed by atoms with Gasteiger partial charge in [-0.2, -0.15) is 0 Å². The van der Waals surface area contributed by atoms with Gasteiger partial charge in [-0.25, -0.2) is 0 Å². The van der Waals surface area contributed by atoms with Crippen LogP contribution in [0.1, 0.15) is 123 Å². The van der Waals surface area contributed by atoms with Crippen molar-refractivity contribution in [2.45, 2.75) is 141 Å². The van der Waals surface area contributed by atoms with E-state index < -0.39 is 0 Å². The molecule has 4 atom stereocenters. The Morgan fingerprint density at radius 1 is 0.968 bits per heavy atom. The van der Waals surface area contributed by atoms with Crippen LogP contribution in [0.4, 0.5) is 0 Å². The zero-order chi connectivity index (χ0) is 22.2. The van der Waals surface area contributed by atoms with E-state index in [2.05, 4.69) is 26.0 Å². The van der Waals surface area contributed by atoms with E-state index in [4.69, 9.17) is 14.2 Å². The zero-order valence-electron chi connectivity index (χ0n) is 20.3. The minimum atomic E-state index is -0.0833. The van der Waals surface area contributed by atoms with Crippen molar-refractivity contribution in [2.24, 2.45) is 5.92 Å². The molecule has 0 bridgehead atoms. The highest BCUT2D eigenvalue weighted by Gasteiger charge is 2.43. The molecule has 4 heteroatoms. The van der Waals surface area contributed by atoms with Crippen LogP contribution in [-0.2, 0) is 19.0 Å². The van der Waals surface area contributed by atoms with E-state index in [9.17, 15) is 4.79 Å². The third kappa shape index (κ3) is 11.0. The van der Waals surface area contributed by atoms with Crippen LogP contribution in [0.15, 0.2) is 12.2 Å². The number of hydrogen-bond donors (Lipinski definition) is 0. The molecule has 0 aromatic carbocycles. The minimum absolute atomic E-state index is 0.00265. The summed E-state index contributed by atoms with van der Waals surface area (Å²) in [4.78, 5) is 12.0. The van der Waals surface area contributed by atoms with Crippen molar-refractivity contribution >= 4 is 5.97 Å². The molecule has 0 aliphatic carbocycles. The predicted octanol–water partition coefficient (Wildman–Crippen LogP) is 7.50. The van der Waals surface area contributed by atoms with Crippen molar-refractivity contribution in [2.75, 3.05) is 6.61 Å². The van der Waals surface area contributed by atoms with Crippen molar-refractivity contribution < 1.29 is 19.0 Å². The van der Waals surface area contributed by atoms with Gasteiger partial charge in [0.2, 0.25) is 0 Å². The summed E-state index contributed by atoms with van der Waals surface area (Å²) in [6.07, 6.45) is 24.4. The average molecular weight is 437 g/mol. The van der Waals surface area contributed by atoms with E-state index >= 15 is 0 Å². The number of carbonyl (C=O) groups excluding carboxylic acids is 1. The number of ether oxygens (including phenoxy) is 3. The van der Waals surface area contributed by atoms with Gasteiger partial charge >= 0.3 is 5.97 Å². The van der Waals surface area contributed by atoms with Gasteiger partial charge in [0.25, 0.3) is 0 Å². The summed E-state index contributed by atoms with van der Waals surface area (Å²) in [5.74, 6) is 0.0750. The van der Waals surface area contributed by atoms with Crippen molar-refractivity contribution in [3.05, 3.63) is 12.2 Å². The van der Waals surface area contributed by atoms with E-state index in [1.807, 2.05) is 0 Å². The number of esters is 1. The van der Waals surface area contributed by atoms with Crippen molar-refractivity contribution in [1.29, 1.82) is 0 Å². The molecule has 0 N–H and O–H groups in total. The Labute approximate surface area is 191 Å². The lowest BCUT2D eigenvalue weighted by molar-refractivity contribution is -0.210. The lowest BCUT2D eigenvalue weighted by Gasteiger charge is -2.38. The first-order valence-electron chi connectivity index (χ1n) is 13.4. The first kappa shape index (κ1) is 26.4. The molecule has 2 heterocycles. The number of hydrogen-bond acceptors (Lipinski definition) is 4. The summed E-state index contributed by atoms with van der Waals surface area (Å²) in [7, 11) is 0. The molecule has 0 spiro atoms. The van der Waals surface area contributed by atoms with Crippen LogP contribution < -0.4 is 0 Å². The number of carbonyl (C=O) groups is 1. The summed E-state index contributed by atoms with van der Waals surface area (Å²) in [5.41, 5.74) is 0. The highest BCUT2D eigenvalue weighted by molar-refractivity contribution is 5.78. The number of unbranched alkanes of at least 4 members (excludes halogenated alkanes) is 8. The molecule has 0 amide bonds. The van der Waals surface area contributed by atoms with E-state index in [1.165, 1.54) is 64.2 Å². The van der Waals surface area contributed by atoms with E-state index in [0.29, 0.717) is 0 Å². The maximum absolute atomic E-state index is 12.0. The maximum atomic E-state index is 12.0. The van der Waals surface area contributed by atoms with Gasteiger partial charge in [-0.05, 0) is 51.4 Å². The van der Waals surface area contributed by atoms with Crippen LogP contribution in [0, 0.1) is 5.92 Å². The largest absolute Gasteiger partial charge is 0.461 e. The first-order valence-corrected chi connectivity index (χ1v) is 13.4. The van der Waals surface area contributed by atoms with Crippen molar-refractivity contribution in [3.8, 4) is 0 Å². The van der Waals surface area contributed by atoms with E-state index in [0.717, 1.165) is 51.6 Å². The highest BCUT2D eigenvalue weighted by Crippen LogP contribution is 2.33. The second-order valence-electron chi connectivity index (χ2n) is 9.47. The SMILES string of the molecule is CCCCCCCC=CCCC(CC1OC(=O)C1CCCCCC)O[C@@H]1CCCCO1. The zero-order valence-corrected chi connectivity index (χ0v) is 20.3. The Balaban J connectivity index is 1.73. The fourth-order valence-electron chi connectivity index (χ4n) is 4.62. The second-order valence-corrected chi connectivity index (χ2v) is 9.47. The van der Waals surface area contributed by atoms with Crippen LogP contribution in [0.2, 0.25) is 0 Å². The Bertz CT molecular complexity index is 484. The molecule has 0 aromatic heterocycles. The monoisotopic (exact) mass is 436 g/mol. The average Bonchev–Trinajstić information content (AvgIpc) is 2.78. The van der Waals surface area contributed by atoms with Crippen molar-refractivity contribution in [1.82, 2.24) is 0 Å². The Hall–Kier alpha value is -0.870. The molecule has 2 aliphatic rings. The van der Waals surface area contributed by atoms with Crippen LogP contribution in [-0.4, -0.2) is 31.1 Å². The van der Waals surface area contributed by atoms with Gasteiger partial charge in [0, 0.05) is 13.0 Å². The van der Waals surface area contributed by atoms with Gasteiger partial charge in [0.1, 0.15) is 6.10 Å². The Morgan fingerprint density at radius 2 is 1.71 bits per heavy atom. The molecular weight excluding hydrogens is 388 g/mol. The molecule has 3 unspecified atom stereocenters. The highest BCUT2D eigenvalue weighted by atomic mass is 16.7. The van der Waals surface area contributed by atoms with Gasteiger partial charge in [-0.3, -0.25) is 4.79 Å². The second kappa shape index (κ2) is 16.7. The summed E-state index contributed by atoms with van der Waals surface area (Å²) in [5, 5.41) is 0. The normalized spacial score (nSPS) is 24.8. The van der Waals surface area contributed by atoms with Crippen molar-refractivity contribution in [3.63, 3.8) is 0 Å².